The minimum atomic E-state index is -0.543. The maximum absolute atomic E-state index is 13.0. The summed E-state index contributed by atoms with van der Waals surface area (Å²) in [6.07, 6.45) is 2.50. The number of anilines is 1. The van der Waals surface area contributed by atoms with E-state index in [2.05, 4.69) is 4.98 Å². The van der Waals surface area contributed by atoms with Crippen LogP contribution in [0, 0.1) is 5.92 Å². The normalized spacial score (nSPS) is 25.1. The Bertz CT molecular complexity index is 682. The third-order valence-electron chi connectivity index (χ3n) is 4.99. The van der Waals surface area contributed by atoms with E-state index in [1.54, 1.807) is 11.1 Å². The first-order valence-corrected chi connectivity index (χ1v) is 9.42. The summed E-state index contributed by atoms with van der Waals surface area (Å²) in [7, 11) is 3.83. The number of morpholine rings is 1. The van der Waals surface area contributed by atoms with Crippen molar-refractivity contribution in [3.63, 3.8) is 0 Å². The van der Waals surface area contributed by atoms with Crippen molar-refractivity contribution in [3.8, 4) is 0 Å². The van der Waals surface area contributed by atoms with Gasteiger partial charge in [-0.2, -0.15) is 0 Å². The first-order valence-electron chi connectivity index (χ1n) is 9.42. The second kappa shape index (κ2) is 7.46. The van der Waals surface area contributed by atoms with E-state index in [1.165, 1.54) is 0 Å². The van der Waals surface area contributed by atoms with Crippen molar-refractivity contribution in [1.82, 2.24) is 9.88 Å². The molecule has 1 aromatic rings. The number of aromatic nitrogens is 1. The van der Waals surface area contributed by atoms with Crippen LogP contribution in [-0.2, 0) is 9.47 Å². The first kappa shape index (κ1) is 19.6. The Kier molecular flexibility index (Phi) is 5.42. The minimum Gasteiger partial charge on any atom is -0.444 e. The van der Waals surface area contributed by atoms with Crippen LogP contribution >= 0.6 is 0 Å². The van der Waals surface area contributed by atoms with Gasteiger partial charge in [0.15, 0.2) is 5.78 Å². The summed E-state index contributed by atoms with van der Waals surface area (Å²) in [5.41, 5.74) is 0.0778. The maximum atomic E-state index is 13.0. The van der Waals surface area contributed by atoms with Crippen LogP contribution in [0.1, 0.15) is 44.0 Å². The molecule has 2 fully saturated rings. The van der Waals surface area contributed by atoms with E-state index in [1.807, 2.05) is 51.9 Å². The number of fused-ring (bicyclic) bond motifs is 2. The predicted molar refractivity (Wildman–Crippen MR) is 102 cm³/mol. The molecule has 2 unspecified atom stereocenters. The highest BCUT2D eigenvalue weighted by atomic mass is 16.6. The van der Waals surface area contributed by atoms with Crippen molar-refractivity contribution in [3.05, 3.63) is 23.9 Å². The van der Waals surface area contributed by atoms with Gasteiger partial charge in [-0.3, -0.25) is 9.69 Å². The zero-order valence-corrected chi connectivity index (χ0v) is 16.8. The summed E-state index contributed by atoms with van der Waals surface area (Å²) in [6.45, 7) is 6.46. The molecule has 0 aliphatic carbocycles. The van der Waals surface area contributed by atoms with E-state index < -0.39 is 5.60 Å². The molecule has 27 heavy (non-hydrogen) atoms. The Morgan fingerprint density at radius 3 is 2.30 bits per heavy atom. The molecular weight excluding hydrogens is 346 g/mol. The fourth-order valence-electron chi connectivity index (χ4n) is 3.77. The first-order chi connectivity index (χ1) is 12.7. The average Bonchev–Trinajstić information content (AvgIpc) is 2.58. The Morgan fingerprint density at radius 2 is 1.81 bits per heavy atom. The number of hydrogen-bond acceptors (Lipinski definition) is 6. The van der Waals surface area contributed by atoms with Crippen LogP contribution in [0.25, 0.3) is 0 Å². The number of rotatable bonds is 3. The van der Waals surface area contributed by atoms with Crippen LogP contribution in [-0.4, -0.2) is 66.8 Å². The smallest absolute Gasteiger partial charge is 0.410 e. The molecule has 2 atom stereocenters. The van der Waals surface area contributed by atoms with E-state index in [0.29, 0.717) is 31.6 Å². The van der Waals surface area contributed by atoms with Crippen LogP contribution in [0.15, 0.2) is 18.3 Å². The van der Waals surface area contributed by atoms with Crippen molar-refractivity contribution in [1.29, 1.82) is 0 Å². The summed E-state index contributed by atoms with van der Waals surface area (Å²) in [6, 6.07) is 3.43. The molecule has 0 spiro atoms. The number of amides is 1. The molecule has 2 bridgehead atoms. The molecule has 1 amide bonds. The van der Waals surface area contributed by atoms with Gasteiger partial charge in [0.1, 0.15) is 11.4 Å². The number of carbonyl (C=O) groups excluding carboxylic acids is 2. The molecule has 0 radical (unpaired) electrons. The number of hydrogen-bond donors (Lipinski definition) is 0. The van der Waals surface area contributed by atoms with Crippen molar-refractivity contribution in [2.45, 2.75) is 51.3 Å². The Labute approximate surface area is 160 Å². The summed E-state index contributed by atoms with van der Waals surface area (Å²) in [5.74, 6) is 0.778. The van der Waals surface area contributed by atoms with Crippen molar-refractivity contribution < 1.29 is 19.1 Å². The molecule has 148 valence electrons. The second-order valence-electron chi connectivity index (χ2n) is 8.56. The van der Waals surface area contributed by atoms with Gasteiger partial charge in [0.25, 0.3) is 0 Å². The largest absolute Gasteiger partial charge is 0.444 e. The van der Waals surface area contributed by atoms with Gasteiger partial charge in [0.05, 0.1) is 25.3 Å². The topological polar surface area (TPSA) is 72.0 Å². The molecule has 0 aromatic carbocycles. The molecule has 0 N–H and O–H groups in total. The van der Waals surface area contributed by atoms with Gasteiger partial charge < -0.3 is 14.4 Å². The summed E-state index contributed by atoms with van der Waals surface area (Å²) < 4.78 is 11.2. The maximum Gasteiger partial charge on any atom is 0.410 e. The number of Topliss-reactive ketones (excluding diaryl/α,β-unsaturated/α-hetero) is 1. The monoisotopic (exact) mass is 375 g/mol. The molecule has 2 aliphatic heterocycles. The molecule has 7 heteroatoms. The standard InChI is InChI=1S/C20H29N3O4/c1-20(2,3)27-19(25)23-15-8-14(9-16(23)12-26-11-15)18(24)13-6-7-17(21-10-13)22(4)5/h6-7,10,14-16H,8-9,11-12H2,1-5H3. The number of ether oxygens (including phenoxy) is 2. The van der Waals surface area contributed by atoms with Crippen molar-refractivity contribution in [2.24, 2.45) is 5.92 Å². The van der Waals surface area contributed by atoms with Crippen LogP contribution in [0.2, 0.25) is 0 Å². The minimum absolute atomic E-state index is 0.0912. The van der Waals surface area contributed by atoms with Crippen LogP contribution in [0.4, 0.5) is 10.6 Å². The lowest BCUT2D eigenvalue weighted by Gasteiger charge is -2.47. The number of pyridine rings is 1. The second-order valence-corrected chi connectivity index (χ2v) is 8.56. The van der Waals surface area contributed by atoms with E-state index in [9.17, 15) is 9.59 Å². The lowest BCUT2D eigenvalue weighted by molar-refractivity contribution is -0.0861. The van der Waals surface area contributed by atoms with E-state index in [-0.39, 0.29) is 29.9 Å². The fraction of sp³-hybridized carbons (Fsp3) is 0.650. The molecule has 2 saturated heterocycles. The number of ketones is 1. The highest BCUT2D eigenvalue weighted by Gasteiger charge is 2.45. The van der Waals surface area contributed by atoms with Crippen LogP contribution in [0.3, 0.4) is 0 Å². The molecule has 3 rings (SSSR count). The zero-order chi connectivity index (χ0) is 19.8. The molecule has 3 heterocycles. The Hall–Kier alpha value is -2.15. The molecule has 1 aromatic heterocycles. The van der Waals surface area contributed by atoms with Gasteiger partial charge in [0.2, 0.25) is 0 Å². The lowest BCUT2D eigenvalue weighted by atomic mass is 9.81. The highest BCUT2D eigenvalue weighted by Crippen LogP contribution is 2.34. The van der Waals surface area contributed by atoms with Gasteiger partial charge in [0, 0.05) is 31.8 Å². The van der Waals surface area contributed by atoms with Crippen LogP contribution in [0.5, 0.6) is 0 Å². The number of nitrogens with zero attached hydrogens (tertiary/aromatic N) is 3. The van der Waals surface area contributed by atoms with E-state index in [4.69, 9.17) is 9.47 Å². The highest BCUT2D eigenvalue weighted by molar-refractivity contribution is 5.98. The SMILES string of the molecule is CN(C)c1ccc(C(=O)C2CC3COCC(C2)N3C(=O)OC(C)(C)C)cn1. The van der Waals surface area contributed by atoms with Crippen molar-refractivity contribution in [2.75, 3.05) is 32.2 Å². The predicted octanol–water partition coefficient (Wildman–Crippen LogP) is 2.74. The van der Waals surface area contributed by atoms with Crippen LogP contribution < -0.4 is 4.90 Å². The average molecular weight is 375 g/mol. The Morgan fingerprint density at radius 1 is 1.19 bits per heavy atom. The van der Waals surface area contributed by atoms with Gasteiger partial charge in [-0.15, -0.1) is 0 Å². The molecular formula is C20H29N3O4. The number of piperidine rings is 1. The van der Waals surface area contributed by atoms with Gasteiger partial charge in [-0.1, -0.05) is 0 Å². The summed E-state index contributed by atoms with van der Waals surface area (Å²) in [4.78, 5) is 33.6. The van der Waals surface area contributed by atoms with Gasteiger partial charge in [-0.05, 0) is 45.7 Å². The summed E-state index contributed by atoms with van der Waals surface area (Å²) in [5, 5.41) is 0. The van der Waals surface area contributed by atoms with Gasteiger partial charge >= 0.3 is 6.09 Å². The summed E-state index contributed by atoms with van der Waals surface area (Å²) >= 11 is 0. The zero-order valence-electron chi connectivity index (χ0n) is 16.8. The Balaban J connectivity index is 1.72. The molecule has 2 aliphatic rings. The third kappa shape index (κ3) is 4.40. The fourth-order valence-corrected chi connectivity index (χ4v) is 3.77. The van der Waals surface area contributed by atoms with Gasteiger partial charge in [-0.25, -0.2) is 9.78 Å². The third-order valence-corrected chi connectivity index (χ3v) is 4.99. The lowest BCUT2D eigenvalue weighted by Crippen LogP contribution is -2.60. The molecule has 0 saturated carbocycles. The number of carbonyl (C=O) groups is 2. The van der Waals surface area contributed by atoms with E-state index in [0.717, 1.165) is 5.82 Å². The quantitative estimate of drug-likeness (QED) is 0.757. The molecule has 7 nitrogen and oxygen atoms in total. The van der Waals surface area contributed by atoms with Crippen molar-refractivity contribution >= 4 is 17.7 Å². The van der Waals surface area contributed by atoms with E-state index >= 15 is 0 Å².